The van der Waals surface area contributed by atoms with E-state index in [2.05, 4.69) is 0 Å². The van der Waals surface area contributed by atoms with E-state index in [4.69, 9.17) is 0 Å². The molecule has 1 aromatic rings. The van der Waals surface area contributed by atoms with Gasteiger partial charge in [-0.05, 0) is 6.07 Å². The van der Waals surface area contributed by atoms with Gasteiger partial charge in [0.05, 0.1) is 10.5 Å². The van der Waals surface area contributed by atoms with E-state index < -0.39 is 34.4 Å². The molecule has 0 aliphatic carbocycles. The highest BCUT2D eigenvalue weighted by Gasteiger charge is 2.17. The van der Waals surface area contributed by atoms with Crippen LogP contribution in [0.25, 0.3) is 0 Å². The smallest absolute Gasteiger partial charge is 0.275 e. The molecule has 0 radical (unpaired) electrons. The van der Waals surface area contributed by atoms with Gasteiger partial charge in [-0.15, -0.1) is 0 Å². The number of aliphatic carboxylic acids is 1. The molecule has 0 amide bonds. The van der Waals surface area contributed by atoms with Gasteiger partial charge >= 0.3 is 0 Å². The van der Waals surface area contributed by atoms with E-state index in [0.717, 1.165) is 18.2 Å². The van der Waals surface area contributed by atoms with E-state index in [-0.39, 0.29) is 0 Å². The van der Waals surface area contributed by atoms with Crippen molar-refractivity contribution in [2.75, 3.05) is 0 Å². The molecule has 5 nitrogen and oxygen atoms in total. The van der Waals surface area contributed by atoms with Crippen molar-refractivity contribution in [3.05, 3.63) is 39.7 Å². The van der Waals surface area contributed by atoms with Crippen LogP contribution in [0.15, 0.2) is 18.2 Å². The molecule has 1 rings (SSSR count). The minimum atomic E-state index is -1.56. The van der Waals surface area contributed by atoms with Gasteiger partial charge in [-0.1, -0.05) is 6.07 Å². The molecular weight excluding hydrogens is 193 g/mol. The fourth-order valence-electron chi connectivity index (χ4n) is 1.04. The highest BCUT2D eigenvalue weighted by Crippen LogP contribution is 2.21. The van der Waals surface area contributed by atoms with Crippen LogP contribution in [0.4, 0.5) is 10.1 Å². The number of halogens is 1. The lowest BCUT2D eigenvalue weighted by Gasteiger charge is -2.04. The third kappa shape index (κ3) is 2.03. The van der Waals surface area contributed by atoms with E-state index in [1.165, 1.54) is 0 Å². The third-order valence-electron chi connectivity index (χ3n) is 1.61. The largest absolute Gasteiger partial charge is 0.550 e. The number of carbonyl (C=O) groups is 1. The zero-order valence-electron chi connectivity index (χ0n) is 6.90. The maximum atomic E-state index is 13.0. The van der Waals surface area contributed by atoms with Crippen molar-refractivity contribution in [1.82, 2.24) is 0 Å². The van der Waals surface area contributed by atoms with Crippen LogP contribution < -0.4 is 5.11 Å². The molecule has 0 bridgehead atoms. The number of hydrogen-bond acceptors (Lipinski definition) is 4. The minimum absolute atomic E-state index is 0.461. The summed E-state index contributed by atoms with van der Waals surface area (Å²) < 4.78 is 13.0. The second-order valence-electron chi connectivity index (χ2n) is 2.54. The van der Waals surface area contributed by atoms with Gasteiger partial charge in [-0.3, -0.25) is 10.1 Å². The fourth-order valence-corrected chi connectivity index (χ4v) is 1.04. The topological polar surface area (TPSA) is 83.3 Å². The van der Waals surface area contributed by atoms with Crippen molar-refractivity contribution in [2.24, 2.45) is 0 Å². The van der Waals surface area contributed by atoms with Crippen molar-refractivity contribution in [1.29, 1.82) is 0 Å². The van der Waals surface area contributed by atoms with E-state index in [1.54, 1.807) is 0 Å². The lowest BCUT2D eigenvalue weighted by Crippen LogP contribution is -2.25. The summed E-state index contributed by atoms with van der Waals surface area (Å²) in [6.07, 6.45) is -0.803. The van der Waals surface area contributed by atoms with Gasteiger partial charge in [-0.2, -0.15) is 0 Å². The Morgan fingerprint density at radius 3 is 2.64 bits per heavy atom. The van der Waals surface area contributed by atoms with Crippen molar-refractivity contribution >= 4 is 11.7 Å². The van der Waals surface area contributed by atoms with Gasteiger partial charge in [0.15, 0.2) is 0 Å². The average Bonchev–Trinajstić information content (AvgIpc) is 2.07. The summed E-state index contributed by atoms with van der Waals surface area (Å²) in [7, 11) is 0. The quantitative estimate of drug-likeness (QED) is 0.506. The monoisotopic (exact) mass is 198 g/mol. The molecule has 0 saturated heterocycles. The molecule has 0 atom stereocenters. The minimum Gasteiger partial charge on any atom is -0.550 e. The number of carbonyl (C=O) groups excluding carboxylic acids is 1. The Morgan fingerprint density at radius 2 is 2.14 bits per heavy atom. The normalized spacial score (nSPS) is 9.79. The SMILES string of the molecule is O=C([O-])Cc1c(F)cccc1[N+](=O)[O-]. The molecule has 0 saturated carbocycles. The maximum Gasteiger partial charge on any atom is 0.275 e. The Hall–Kier alpha value is -1.98. The van der Waals surface area contributed by atoms with Crippen LogP contribution in [0.5, 0.6) is 0 Å². The van der Waals surface area contributed by atoms with Crippen molar-refractivity contribution in [3.8, 4) is 0 Å². The van der Waals surface area contributed by atoms with Crippen LogP contribution >= 0.6 is 0 Å². The summed E-state index contributed by atoms with van der Waals surface area (Å²) in [6.45, 7) is 0. The molecule has 0 spiro atoms. The van der Waals surface area contributed by atoms with Gasteiger partial charge in [0.1, 0.15) is 5.82 Å². The van der Waals surface area contributed by atoms with Crippen molar-refractivity contribution < 1.29 is 19.2 Å². The molecule has 6 heteroatoms. The van der Waals surface area contributed by atoms with Gasteiger partial charge in [0, 0.05) is 18.5 Å². The number of nitrogens with zero attached hydrogens (tertiary/aromatic N) is 1. The number of carboxylic acids is 1. The van der Waals surface area contributed by atoms with E-state index >= 15 is 0 Å². The average molecular weight is 198 g/mol. The Labute approximate surface area is 77.9 Å². The number of carboxylic acid groups (broad SMARTS) is 1. The standard InChI is InChI=1S/C8H6FNO4/c9-6-2-1-3-7(10(13)14)5(6)4-8(11)12/h1-3H,4H2,(H,11,12)/p-1. The van der Waals surface area contributed by atoms with Crippen molar-refractivity contribution in [3.63, 3.8) is 0 Å². The summed E-state index contributed by atoms with van der Waals surface area (Å²) in [4.78, 5) is 19.7. The fraction of sp³-hybridized carbons (Fsp3) is 0.125. The summed E-state index contributed by atoms with van der Waals surface area (Å²) >= 11 is 0. The molecular formula is C8H5FNO4-. The van der Waals surface area contributed by atoms with Crippen LogP contribution in [0.2, 0.25) is 0 Å². The van der Waals surface area contributed by atoms with Crippen molar-refractivity contribution in [2.45, 2.75) is 6.42 Å². The number of nitro groups is 1. The van der Waals surface area contributed by atoms with Crippen LogP contribution in [-0.2, 0) is 11.2 Å². The lowest BCUT2D eigenvalue weighted by molar-refractivity contribution is -0.386. The first-order valence-electron chi connectivity index (χ1n) is 3.64. The number of rotatable bonds is 3. The second-order valence-corrected chi connectivity index (χ2v) is 2.54. The molecule has 0 heterocycles. The molecule has 0 fully saturated rings. The van der Waals surface area contributed by atoms with Crippen LogP contribution in [0.3, 0.4) is 0 Å². The molecule has 1 aromatic carbocycles. The number of nitro benzene ring substituents is 1. The molecule has 14 heavy (non-hydrogen) atoms. The highest BCUT2D eigenvalue weighted by atomic mass is 19.1. The van der Waals surface area contributed by atoms with E-state index in [9.17, 15) is 24.4 Å². The molecule has 0 aromatic heterocycles. The summed E-state index contributed by atoms with van der Waals surface area (Å²) in [6, 6.07) is 3.15. The molecule has 0 aliphatic heterocycles. The van der Waals surface area contributed by atoms with Crippen LogP contribution in [0.1, 0.15) is 5.56 Å². The number of hydrogen-bond donors (Lipinski definition) is 0. The highest BCUT2D eigenvalue weighted by molar-refractivity contribution is 5.70. The molecule has 74 valence electrons. The predicted octanol–water partition coefficient (Wildman–Crippen LogP) is 0.0263. The lowest BCUT2D eigenvalue weighted by atomic mass is 10.1. The predicted molar refractivity (Wildman–Crippen MR) is 41.8 cm³/mol. The number of benzene rings is 1. The second kappa shape index (κ2) is 3.82. The first-order chi connectivity index (χ1) is 6.52. The van der Waals surface area contributed by atoms with Gasteiger partial charge in [0.2, 0.25) is 0 Å². The molecule has 0 unspecified atom stereocenters. The van der Waals surface area contributed by atoms with Gasteiger partial charge in [0.25, 0.3) is 5.69 Å². The molecule has 0 aliphatic rings. The van der Waals surface area contributed by atoms with Gasteiger partial charge in [-0.25, -0.2) is 4.39 Å². The van der Waals surface area contributed by atoms with Crippen LogP contribution in [-0.4, -0.2) is 10.9 Å². The Morgan fingerprint density at radius 1 is 1.50 bits per heavy atom. The summed E-state index contributed by atoms with van der Waals surface area (Å²) in [5.74, 6) is -2.47. The summed E-state index contributed by atoms with van der Waals surface area (Å²) in [5.41, 5.74) is -1.01. The van der Waals surface area contributed by atoms with E-state index in [1.807, 2.05) is 0 Å². The Balaban J connectivity index is 3.22. The van der Waals surface area contributed by atoms with Gasteiger partial charge < -0.3 is 9.90 Å². The Kier molecular flexibility index (Phi) is 2.76. The third-order valence-corrected chi connectivity index (χ3v) is 1.61. The first-order valence-corrected chi connectivity index (χ1v) is 3.64. The van der Waals surface area contributed by atoms with E-state index in [0.29, 0.717) is 0 Å². The zero-order valence-corrected chi connectivity index (χ0v) is 6.90. The molecule has 0 N–H and O–H groups in total. The first kappa shape index (κ1) is 10.1. The maximum absolute atomic E-state index is 13.0. The van der Waals surface area contributed by atoms with Crippen LogP contribution in [0, 0.1) is 15.9 Å². The zero-order chi connectivity index (χ0) is 10.7. The Bertz CT molecular complexity index is 391. The summed E-state index contributed by atoms with van der Waals surface area (Å²) in [5, 5.41) is 20.6.